The van der Waals surface area contributed by atoms with Gasteiger partial charge in [0.2, 0.25) is 0 Å². The number of carbonyl (C=O) groups is 1. The van der Waals surface area contributed by atoms with Crippen molar-refractivity contribution in [3.05, 3.63) is 22.3 Å². The molecule has 0 aliphatic heterocycles. The molecule has 0 aliphatic rings. The molecule has 17 heavy (non-hydrogen) atoms. The highest BCUT2D eigenvalue weighted by molar-refractivity contribution is 9.11. The van der Waals surface area contributed by atoms with Crippen molar-refractivity contribution >= 4 is 43.3 Å². The van der Waals surface area contributed by atoms with Crippen LogP contribution in [0.5, 0.6) is 0 Å². The highest BCUT2D eigenvalue weighted by Crippen LogP contribution is 2.20. The highest BCUT2D eigenvalue weighted by atomic mass is 79.9. The Kier molecular flexibility index (Phi) is 4.80. The SMILES string of the molecule is C=C(Br)CNS(=O)(=O)c1scnc1C(=O)OC. The predicted molar refractivity (Wildman–Crippen MR) is 66.7 cm³/mol. The Hall–Kier alpha value is -0.770. The van der Waals surface area contributed by atoms with Crippen molar-refractivity contribution in [2.45, 2.75) is 4.21 Å². The number of ether oxygens (including phenoxy) is 1. The number of methoxy groups -OCH3 is 1. The predicted octanol–water partition coefficient (Wildman–Crippen LogP) is 1.12. The van der Waals surface area contributed by atoms with E-state index in [2.05, 4.69) is 37.0 Å². The number of carbonyl (C=O) groups excluding carboxylic acids is 1. The summed E-state index contributed by atoms with van der Waals surface area (Å²) in [5.41, 5.74) is 1.05. The third-order valence-corrected chi connectivity index (χ3v) is 4.66. The second-order valence-corrected chi connectivity index (χ2v) is 6.76. The van der Waals surface area contributed by atoms with Crippen LogP contribution in [0.4, 0.5) is 0 Å². The fraction of sp³-hybridized carbons (Fsp3) is 0.250. The van der Waals surface area contributed by atoms with Gasteiger partial charge < -0.3 is 4.74 Å². The Balaban J connectivity index is 3.03. The van der Waals surface area contributed by atoms with E-state index in [9.17, 15) is 13.2 Å². The van der Waals surface area contributed by atoms with Crippen molar-refractivity contribution in [3.8, 4) is 0 Å². The Morgan fingerprint density at radius 2 is 2.35 bits per heavy atom. The van der Waals surface area contributed by atoms with Gasteiger partial charge in [0.1, 0.15) is 0 Å². The van der Waals surface area contributed by atoms with Crippen molar-refractivity contribution in [2.24, 2.45) is 0 Å². The van der Waals surface area contributed by atoms with Crippen molar-refractivity contribution in [3.63, 3.8) is 0 Å². The summed E-state index contributed by atoms with van der Waals surface area (Å²) in [6.45, 7) is 3.53. The zero-order chi connectivity index (χ0) is 13.1. The van der Waals surface area contributed by atoms with Crippen LogP contribution >= 0.6 is 27.3 Å². The van der Waals surface area contributed by atoms with E-state index < -0.39 is 16.0 Å². The molecule has 1 heterocycles. The van der Waals surface area contributed by atoms with Crippen LogP contribution in [0.2, 0.25) is 0 Å². The van der Waals surface area contributed by atoms with Gasteiger partial charge in [0.05, 0.1) is 12.6 Å². The first-order chi connectivity index (χ1) is 7.88. The molecule has 0 aromatic carbocycles. The van der Waals surface area contributed by atoms with E-state index in [0.717, 1.165) is 18.4 Å². The Bertz CT molecular complexity index is 537. The van der Waals surface area contributed by atoms with E-state index in [-0.39, 0.29) is 16.4 Å². The zero-order valence-corrected chi connectivity index (χ0v) is 12.0. The summed E-state index contributed by atoms with van der Waals surface area (Å²) in [6.07, 6.45) is 0. The van der Waals surface area contributed by atoms with Crippen LogP contribution in [0.15, 0.2) is 20.8 Å². The van der Waals surface area contributed by atoms with Crippen LogP contribution in [0.1, 0.15) is 10.5 Å². The molecule has 0 atom stereocenters. The van der Waals surface area contributed by atoms with Gasteiger partial charge in [-0.05, 0) is 0 Å². The number of hydrogen-bond acceptors (Lipinski definition) is 6. The van der Waals surface area contributed by atoms with Gasteiger partial charge in [-0.1, -0.05) is 22.5 Å². The second kappa shape index (κ2) is 5.71. The van der Waals surface area contributed by atoms with Gasteiger partial charge >= 0.3 is 5.97 Å². The monoisotopic (exact) mass is 340 g/mol. The van der Waals surface area contributed by atoms with E-state index >= 15 is 0 Å². The number of esters is 1. The number of thiazole rings is 1. The minimum Gasteiger partial charge on any atom is -0.464 e. The molecule has 0 bridgehead atoms. The van der Waals surface area contributed by atoms with Gasteiger partial charge in [0.25, 0.3) is 10.0 Å². The highest BCUT2D eigenvalue weighted by Gasteiger charge is 2.26. The van der Waals surface area contributed by atoms with Crippen molar-refractivity contribution < 1.29 is 17.9 Å². The maximum Gasteiger partial charge on any atom is 0.358 e. The maximum absolute atomic E-state index is 11.8. The lowest BCUT2D eigenvalue weighted by Crippen LogP contribution is -2.25. The van der Waals surface area contributed by atoms with Gasteiger partial charge in [-0.15, -0.1) is 11.3 Å². The molecular formula is C8H9BrN2O4S2. The number of aromatic nitrogens is 1. The Labute approximate surface area is 111 Å². The van der Waals surface area contributed by atoms with E-state index in [4.69, 9.17) is 0 Å². The van der Waals surface area contributed by atoms with Gasteiger partial charge in [-0.25, -0.2) is 22.9 Å². The summed E-state index contributed by atoms with van der Waals surface area (Å²) >= 11 is 3.87. The number of sulfonamides is 1. The van der Waals surface area contributed by atoms with Gasteiger partial charge in [0, 0.05) is 11.0 Å². The molecule has 0 saturated carbocycles. The van der Waals surface area contributed by atoms with Gasteiger partial charge in [-0.3, -0.25) is 0 Å². The average Bonchev–Trinajstić information content (AvgIpc) is 2.75. The van der Waals surface area contributed by atoms with E-state index in [1.807, 2.05) is 0 Å². The molecule has 0 saturated heterocycles. The molecular weight excluding hydrogens is 332 g/mol. The Morgan fingerprint density at radius 3 is 2.88 bits per heavy atom. The number of nitrogens with zero attached hydrogens (tertiary/aromatic N) is 1. The van der Waals surface area contributed by atoms with Crippen LogP contribution in [-0.4, -0.2) is 33.0 Å². The lowest BCUT2D eigenvalue weighted by atomic mass is 10.5. The Morgan fingerprint density at radius 1 is 1.71 bits per heavy atom. The third kappa shape index (κ3) is 3.60. The molecule has 1 aromatic heterocycles. The number of hydrogen-bond donors (Lipinski definition) is 1. The molecule has 1 aromatic rings. The summed E-state index contributed by atoms with van der Waals surface area (Å²) in [6, 6.07) is 0. The molecule has 0 unspecified atom stereocenters. The van der Waals surface area contributed by atoms with Crippen LogP contribution in [-0.2, 0) is 14.8 Å². The first-order valence-electron chi connectivity index (χ1n) is 4.23. The molecule has 1 rings (SSSR count). The van der Waals surface area contributed by atoms with Crippen LogP contribution in [0, 0.1) is 0 Å². The topological polar surface area (TPSA) is 85.4 Å². The first-order valence-corrected chi connectivity index (χ1v) is 7.39. The van der Waals surface area contributed by atoms with Gasteiger partial charge in [0.15, 0.2) is 9.90 Å². The molecule has 0 fully saturated rings. The lowest BCUT2D eigenvalue weighted by molar-refractivity contribution is 0.0590. The fourth-order valence-corrected chi connectivity index (χ4v) is 3.42. The molecule has 9 heteroatoms. The zero-order valence-electron chi connectivity index (χ0n) is 8.77. The minimum atomic E-state index is -3.78. The molecule has 94 valence electrons. The number of halogens is 1. The number of rotatable bonds is 5. The third-order valence-electron chi connectivity index (χ3n) is 1.61. The molecule has 0 aliphatic carbocycles. The molecule has 1 N–H and O–H groups in total. The van der Waals surface area contributed by atoms with Crippen LogP contribution in [0.25, 0.3) is 0 Å². The largest absolute Gasteiger partial charge is 0.464 e. The quantitative estimate of drug-likeness (QED) is 0.811. The minimum absolute atomic E-state index is 0.0286. The van der Waals surface area contributed by atoms with Crippen LogP contribution < -0.4 is 4.72 Å². The van der Waals surface area contributed by atoms with Crippen molar-refractivity contribution in [1.82, 2.24) is 9.71 Å². The summed E-state index contributed by atoms with van der Waals surface area (Å²) in [4.78, 5) is 15.0. The second-order valence-electron chi connectivity index (χ2n) is 2.82. The standard InChI is InChI=1S/C8H9BrN2O4S2/c1-5(9)3-11-17(13,14)8-6(7(12)15-2)10-4-16-8/h4,11H,1,3H2,2H3. The summed E-state index contributed by atoms with van der Waals surface area (Å²) < 4.78 is 30.7. The normalized spacial score (nSPS) is 11.2. The van der Waals surface area contributed by atoms with Crippen molar-refractivity contribution in [2.75, 3.05) is 13.7 Å². The fourth-order valence-electron chi connectivity index (χ4n) is 0.898. The first kappa shape index (κ1) is 14.3. The number of nitrogens with one attached hydrogen (secondary N) is 1. The lowest BCUT2D eigenvalue weighted by Gasteiger charge is -2.04. The van der Waals surface area contributed by atoms with Crippen molar-refractivity contribution in [1.29, 1.82) is 0 Å². The summed E-state index contributed by atoms with van der Waals surface area (Å²) in [5.74, 6) is -0.788. The van der Waals surface area contributed by atoms with E-state index in [0.29, 0.717) is 4.48 Å². The molecule has 0 amide bonds. The van der Waals surface area contributed by atoms with Crippen LogP contribution in [0.3, 0.4) is 0 Å². The molecule has 0 spiro atoms. The molecule has 0 radical (unpaired) electrons. The summed E-state index contributed by atoms with van der Waals surface area (Å²) in [5, 5.41) is 0. The van der Waals surface area contributed by atoms with Gasteiger partial charge in [-0.2, -0.15) is 0 Å². The summed E-state index contributed by atoms with van der Waals surface area (Å²) in [7, 11) is -2.62. The molecule has 6 nitrogen and oxygen atoms in total. The smallest absolute Gasteiger partial charge is 0.358 e. The van der Waals surface area contributed by atoms with E-state index in [1.165, 1.54) is 5.51 Å². The maximum atomic E-state index is 11.8. The van der Waals surface area contributed by atoms with E-state index in [1.54, 1.807) is 0 Å². The average molecular weight is 341 g/mol.